The summed E-state index contributed by atoms with van der Waals surface area (Å²) in [7, 11) is 1.64. The normalized spacial score (nSPS) is 24.4. The van der Waals surface area contributed by atoms with E-state index >= 15 is 0 Å². The maximum Gasteiger partial charge on any atom is 0.256 e. The molecule has 0 spiro atoms. The number of rotatable bonds is 5. The average molecular weight is 338 g/mol. The van der Waals surface area contributed by atoms with Gasteiger partial charge < -0.3 is 14.4 Å². The summed E-state index contributed by atoms with van der Waals surface area (Å²) in [5.74, 6) is 2.14. The molecule has 1 aliphatic heterocycles. The lowest BCUT2D eigenvalue weighted by molar-refractivity contribution is 0.0505. The number of pyridine rings is 1. The number of nitrogens with zero attached hydrogens (tertiary/aromatic N) is 2. The number of likely N-dealkylation sites (tertiary alicyclic amines) is 1. The number of fused-ring (bicyclic) bond motifs is 2. The van der Waals surface area contributed by atoms with Gasteiger partial charge in [-0.2, -0.15) is 0 Å². The number of methoxy groups -OCH3 is 1. The van der Waals surface area contributed by atoms with Crippen LogP contribution in [0.2, 0.25) is 0 Å². The topological polar surface area (TPSA) is 51.7 Å². The van der Waals surface area contributed by atoms with Crippen LogP contribution in [0.5, 0.6) is 11.5 Å². The molecule has 1 amide bonds. The van der Waals surface area contributed by atoms with E-state index in [9.17, 15) is 4.79 Å². The zero-order valence-electron chi connectivity index (χ0n) is 14.3. The van der Waals surface area contributed by atoms with Gasteiger partial charge in [0.2, 0.25) is 0 Å². The molecule has 1 aromatic carbocycles. The molecule has 1 saturated carbocycles. The van der Waals surface area contributed by atoms with Crippen LogP contribution in [0.1, 0.15) is 29.6 Å². The van der Waals surface area contributed by atoms with E-state index in [4.69, 9.17) is 9.47 Å². The third-order valence-electron chi connectivity index (χ3n) is 5.35. The van der Waals surface area contributed by atoms with Crippen LogP contribution in [0.4, 0.5) is 0 Å². The second-order valence-electron chi connectivity index (χ2n) is 6.74. The van der Waals surface area contributed by atoms with Crippen LogP contribution in [-0.2, 0) is 0 Å². The predicted octanol–water partition coefficient (Wildman–Crippen LogP) is 3.16. The van der Waals surface area contributed by atoms with E-state index in [0.29, 0.717) is 24.1 Å². The van der Waals surface area contributed by atoms with Gasteiger partial charge in [-0.25, -0.2) is 0 Å². The van der Waals surface area contributed by atoms with Crippen LogP contribution in [0.15, 0.2) is 48.8 Å². The maximum atomic E-state index is 13.0. The monoisotopic (exact) mass is 338 g/mol. The van der Waals surface area contributed by atoms with Gasteiger partial charge in [0.1, 0.15) is 18.1 Å². The minimum absolute atomic E-state index is 0.0690. The van der Waals surface area contributed by atoms with Crippen LogP contribution in [0.3, 0.4) is 0 Å². The lowest BCUT2D eigenvalue weighted by atomic mass is 9.99. The molecular formula is C20H22N2O3. The quantitative estimate of drug-likeness (QED) is 0.840. The lowest BCUT2D eigenvalue weighted by Gasteiger charge is -2.35. The Balaban J connectivity index is 1.50. The molecule has 0 N–H and O–H groups in total. The fourth-order valence-electron chi connectivity index (χ4n) is 4.14. The second-order valence-corrected chi connectivity index (χ2v) is 6.74. The average Bonchev–Trinajstić information content (AvgIpc) is 3.28. The van der Waals surface area contributed by atoms with E-state index in [0.717, 1.165) is 24.3 Å². The van der Waals surface area contributed by atoms with Gasteiger partial charge in [-0.05, 0) is 49.4 Å². The Morgan fingerprint density at radius 2 is 2.12 bits per heavy atom. The summed E-state index contributed by atoms with van der Waals surface area (Å²) in [6.45, 7) is 0.514. The van der Waals surface area contributed by atoms with Gasteiger partial charge in [0.05, 0.1) is 18.7 Å². The molecule has 2 bridgehead atoms. The molecule has 1 saturated heterocycles. The van der Waals surface area contributed by atoms with E-state index < -0.39 is 0 Å². The molecular weight excluding hydrogens is 316 g/mol. The first-order valence-corrected chi connectivity index (χ1v) is 8.76. The minimum atomic E-state index is 0.0690. The van der Waals surface area contributed by atoms with Crippen molar-refractivity contribution in [3.05, 3.63) is 54.4 Å². The first-order valence-electron chi connectivity index (χ1n) is 8.76. The highest BCUT2D eigenvalue weighted by Gasteiger charge is 2.48. The fourth-order valence-corrected chi connectivity index (χ4v) is 4.14. The van der Waals surface area contributed by atoms with Crippen molar-refractivity contribution in [1.29, 1.82) is 0 Å². The van der Waals surface area contributed by atoms with Crippen molar-refractivity contribution in [3.8, 4) is 11.5 Å². The molecule has 2 fully saturated rings. The van der Waals surface area contributed by atoms with Gasteiger partial charge >= 0.3 is 0 Å². The largest absolute Gasteiger partial charge is 0.497 e. The van der Waals surface area contributed by atoms with Crippen molar-refractivity contribution < 1.29 is 14.3 Å². The van der Waals surface area contributed by atoms with E-state index in [1.54, 1.807) is 19.5 Å². The van der Waals surface area contributed by atoms with Gasteiger partial charge in [-0.15, -0.1) is 0 Å². The van der Waals surface area contributed by atoms with Crippen molar-refractivity contribution in [3.63, 3.8) is 0 Å². The summed E-state index contributed by atoms with van der Waals surface area (Å²) >= 11 is 0. The summed E-state index contributed by atoms with van der Waals surface area (Å²) in [4.78, 5) is 19.1. The molecule has 5 heteroatoms. The highest BCUT2D eigenvalue weighted by Crippen LogP contribution is 2.43. The third-order valence-corrected chi connectivity index (χ3v) is 5.35. The highest BCUT2D eigenvalue weighted by molar-refractivity contribution is 5.94. The van der Waals surface area contributed by atoms with Crippen LogP contribution >= 0.6 is 0 Å². The molecule has 1 aromatic heterocycles. The summed E-state index contributed by atoms with van der Waals surface area (Å²) in [6, 6.07) is 11.7. The fraction of sp³-hybridized carbons (Fsp3) is 0.400. The SMILES string of the molecule is COc1cccc(OC[C@H]2[C@@H]3CC[C@@H](C3)N2C(=O)c2cccnc2)c1. The van der Waals surface area contributed by atoms with Crippen LogP contribution in [0.25, 0.3) is 0 Å². The molecule has 25 heavy (non-hydrogen) atoms. The Morgan fingerprint density at radius 3 is 2.92 bits per heavy atom. The van der Waals surface area contributed by atoms with Crippen LogP contribution in [-0.4, -0.2) is 41.6 Å². The van der Waals surface area contributed by atoms with Crippen molar-refractivity contribution in [2.24, 2.45) is 5.92 Å². The Hall–Kier alpha value is -2.56. The van der Waals surface area contributed by atoms with Gasteiger partial charge in [-0.1, -0.05) is 6.07 Å². The molecule has 2 aliphatic rings. The summed E-state index contributed by atoms with van der Waals surface area (Å²) in [5, 5.41) is 0. The van der Waals surface area contributed by atoms with Gasteiger partial charge in [0.25, 0.3) is 5.91 Å². The number of piperidine rings is 1. The molecule has 5 nitrogen and oxygen atoms in total. The molecule has 130 valence electrons. The zero-order chi connectivity index (χ0) is 17.2. The number of benzene rings is 1. The Morgan fingerprint density at radius 1 is 1.24 bits per heavy atom. The first kappa shape index (κ1) is 15.9. The number of amides is 1. The lowest BCUT2D eigenvalue weighted by Crippen LogP contribution is -2.47. The second kappa shape index (κ2) is 6.75. The van der Waals surface area contributed by atoms with Gasteiger partial charge in [0.15, 0.2) is 0 Å². The number of carbonyl (C=O) groups is 1. The van der Waals surface area contributed by atoms with Crippen LogP contribution in [0, 0.1) is 5.92 Å². The zero-order valence-corrected chi connectivity index (χ0v) is 14.3. The maximum absolute atomic E-state index is 13.0. The van der Waals surface area contributed by atoms with Crippen molar-refractivity contribution in [2.45, 2.75) is 31.3 Å². The molecule has 0 unspecified atom stereocenters. The molecule has 1 aliphatic carbocycles. The van der Waals surface area contributed by atoms with Crippen molar-refractivity contribution in [2.75, 3.05) is 13.7 Å². The molecule has 3 atom stereocenters. The minimum Gasteiger partial charge on any atom is -0.497 e. The number of aromatic nitrogens is 1. The number of hydrogen-bond donors (Lipinski definition) is 0. The summed E-state index contributed by atoms with van der Waals surface area (Å²) in [6.07, 6.45) is 6.68. The van der Waals surface area contributed by atoms with Crippen LogP contribution < -0.4 is 9.47 Å². The summed E-state index contributed by atoms with van der Waals surface area (Å²) < 4.78 is 11.3. The van der Waals surface area contributed by atoms with Crippen molar-refractivity contribution >= 4 is 5.91 Å². The first-order chi connectivity index (χ1) is 12.3. The third kappa shape index (κ3) is 3.06. The Kier molecular flexibility index (Phi) is 4.30. The Labute approximate surface area is 147 Å². The smallest absolute Gasteiger partial charge is 0.256 e. The van der Waals surface area contributed by atoms with E-state index in [-0.39, 0.29) is 11.9 Å². The van der Waals surface area contributed by atoms with Gasteiger partial charge in [-0.3, -0.25) is 9.78 Å². The molecule has 0 radical (unpaired) electrons. The molecule has 2 heterocycles. The number of carbonyl (C=O) groups excluding carboxylic acids is 1. The summed E-state index contributed by atoms with van der Waals surface area (Å²) in [5.41, 5.74) is 0.654. The number of ether oxygens (including phenoxy) is 2. The van der Waals surface area contributed by atoms with E-state index in [1.807, 2.05) is 41.3 Å². The van der Waals surface area contributed by atoms with E-state index in [2.05, 4.69) is 4.98 Å². The molecule has 4 rings (SSSR count). The van der Waals surface area contributed by atoms with E-state index in [1.165, 1.54) is 6.42 Å². The standard InChI is InChI=1S/C20H22N2O3/c1-24-17-5-2-6-18(11-17)25-13-19-14-7-8-16(10-14)22(19)20(23)15-4-3-9-21-12-15/h2-6,9,11-12,14,16,19H,7-8,10,13H2,1H3/t14-,16+,19+/m1/s1. The van der Waals surface area contributed by atoms with Gasteiger partial charge in [0, 0.05) is 24.5 Å². The predicted molar refractivity (Wildman–Crippen MR) is 93.8 cm³/mol. The molecule has 2 aromatic rings. The number of hydrogen-bond acceptors (Lipinski definition) is 4. The Bertz CT molecular complexity index is 750. The van der Waals surface area contributed by atoms with Crippen molar-refractivity contribution in [1.82, 2.24) is 9.88 Å². The highest BCUT2D eigenvalue weighted by atomic mass is 16.5.